The van der Waals surface area contributed by atoms with Crippen LogP contribution < -0.4 is 4.74 Å². The second-order valence-electron chi connectivity index (χ2n) is 2.67. The van der Waals surface area contributed by atoms with E-state index in [1.165, 1.54) is 0 Å². The number of thiol groups is 1. The minimum absolute atomic E-state index is 0.128. The molecule has 0 aliphatic heterocycles. The standard InChI is InChI=1S/C9H5F2NO3S/c10-9(11)15-7-5(3-12)1-4(8(13)14)2-6(7)16/h1-2,9,16H,(H,13,14). The van der Waals surface area contributed by atoms with Crippen molar-refractivity contribution < 1.29 is 23.4 Å². The van der Waals surface area contributed by atoms with E-state index in [2.05, 4.69) is 17.4 Å². The monoisotopic (exact) mass is 245 g/mol. The predicted octanol–water partition coefficient (Wildman–Crippen LogP) is 2.15. The first-order valence-electron chi connectivity index (χ1n) is 3.91. The summed E-state index contributed by atoms with van der Waals surface area (Å²) in [5, 5.41) is 17.3. The van der Waals surface area contributed by atoms with Gasteiger partial charge < -0.3 is 9.84 Å². The maximum atomic E-state index is 12.0. The molecule has 0 aliphatic rings. The van der Waals surface area contributed by atoms with Crippen LogP contribution in [0.1, 0.15) is 15.9 Å². The van der Waals surface area contributed by atoms with Crippen molar-refractivity contribution in [1.29, 1.82) is 5.26 Å². The summed E-state index contributed by atoms with van der Waals surface area (Å²) in [5.41, 5.74) is -0.520. The van der Waals surface area contributed by atoms with Gasteiger partial charge in [-0.25, -0.2) is 4.79 Å². The molecule has 1 aromatic rings. The van der Waals surface area contributed by atoms with E-state index in [1.807, 2.05) is 0 Å². The minimum atomic E-state index is -3.10. The molecule has 0 saturated carbocycles. The molecule has 0 bridgehead atoms. The average Bonchev–Trinajstić information content (AvgIpc) is 2.19. The highest BCUT2D eigenvalue weighted by molar-refractivity contribution is 7.80. The van der Waals surface area contributed by atoms with Crippen LogP contribution in [-0.2, 0) is 0 Å². The van der Waals surface area contributed by atoms with Gasteiger partial charge in [-0.1, -0.05) is 0 Å². The first-order chi connectivity index (χ1) is 7.45. The highest BCUT2D eigenvalue weighted by Crippen LogP contribution is 2.30. The van der Waals surface area contributed by atoms with Gasteiger partial charge in [0.2, 0.25) is 0 Å². The fourth-order valence-electron chi connectivity index (χ4n) is 1.03. The molecular formula is C9H5F2NO3S. The SMILES string of the molecule is N#Cc1cc(C(=O)O)cc(S)c1OC(F)F. The van der Waals surface area contributed by atoms with E-state index < -0.39 is 18.3 Å². The van der Waals surface area contributed by atoms with Gasteiger partial charge in [0.25, 0.3) is 0 Å². The summed E-state index contributed by atoms with van der Waals surface area (Å²) in [6.07, 6.45) is 0. The third-order valence-corrected chi connectivity index (χ3v) is 1.98. The lowest BCUT2D eigenvalue weighted by Gasteiger charge is -2.09. The number of aromatic carboxylic acids is 1. The van der Waals surface area contributed by atoms with Crippen LogP contribution in [0, 0.1) is 11.3 Å². The summed E-state index contributed by atoms with van der Waals surface area (Å²) >= 11 is 3.79. The number of ether oxygens (including phenoxy) is 1. The Balaban J connectivity index is 3.30. The van der Waals surface area contributed by atoms with Crippen LogP contribution in [0.3, 0.4) is 0 Å². The third-order valence-electron chi connectivity index (χ3n) is 1.64. The van der Waals surface area contributed by atoms with Crippen molar-refractivity contribution in [1.82, 2.24) is 0 Å². The summed E-state index contributed by atoms with van der Waals surface area (Å²) in [7, 11) is 0. The first-order valence-corrected chi connectivity index (χ1v) is 4.35. The molecule has 0 spiro atoms. The van der Waals surface area contributed by atoms with Gasteiger partial charge in [0.1, 0.15) is 6.07 Å². The van der Waals surface area contributed by atoms with Crippen molar-refractivity contribution in [2.24, 2.45) is 0 Å². The fourth-order valence-corrected chi connectivity index (χ4v) is 1.35. The van der Waals surface area contributed by atoms with E-state index in [0.717, 1.165) is 12.1 Å². The number of halogens is 2. The van der Waals surface area contributed by atoms with E-state index in [0.29, 0.717) is 0 Å². The van der Waals surface area contributed by atoms with Crippen LogP contribution in [0.5, 0.6) is 5.75 Å². The molecule has 7 heteroatoms. The Bertz CT molecular complexity index is 471. The van der Waals surface area contributed by atoms with Crippen LogP contribution in [0.15, 0.2) is 17.0 Å². The molecule has 0 aliphatic carbocycles. The molecule has 0 amide bonds. The van der Waals surface area contributed by atoms with Gasteiger partial charge >= 0.3 is 12.6 Å². The van der Waals surface area contributed by atoms with Crippen LogP contribution in [0.2, 0.25) is 0 Å². The van der Waals surface area contributed by atoms with E-state index in [4.69, 9.17) is 10.4 Å². The molecule has 0 unspecified atom stereocenters. The summed E-state index contributed by atoms with van der Waals surface area (Å²) in [6, 6.07) is 3.54. The van der Waals surface area contributed by atoms with Crippen LogP contribution in [0.4, 0.5) is 8.78 Å². The molecule has 0 atom stereocenters. The van der Waals surface area contributed by atoms with Gasteiger partial charge in [-0.3, -0.25) is 0 Å². The molecule has 16 heavy (non-hydrogen) atoms. The second kappa shape index (κ2) is 4.81. The number of hydrogen-bond donors (Lipinski definition) is 2. The maximum absolute atomic E-state index is 12.0. The van der Waals surface area contributed by atoms with Gasteiger partial charge in [-0.05, 0) is 12.1 Å². The topological polar surface area (TPSA) is 70.3 Å². The molecule has 84 valence electrons. The number of nitriles is 1. The van der Waals surface area contributed by atoms with Gasteiger partial charge in [0, 0.05) is 4.90 Å². The molecule has 1 N–H and O–H groups in total. The lowest BCUT2D eigenvalue weighted by atomic mass is 10.1. The van der Waals surface area contributed by atoms with Crippen molar-refractivity contribution in [2.75, 3.05) is 0 Å². The van der Waals surface area contributed by atoms with Gasteiger partial charge in [0.15, 0.2) is 5.75 Å². The Morgan fingerprint density at radius 1 is 1.56 bits per heavy atom. The molecule has 1 rings (SSSR count). The number of hydrogen-bond acceptors (Lipinski definition) is 4. The number of benzene rings is 1. The molecule has 1 aromatic carbocycles. The molecule has 0 heterocycles. The summed E-state index contributed by atoms with van der Waals surface area (Å²) in [5.74, 6) is -1.71. The van der Waals surface area contributed by atoms with Crippen molar-refractivity contribution in [2.45, 2.75) is 11.5 Å². The van der Waals surface area contributed by atoms with Gasteiger partial charge in [-0.15, -0.1) is 12.6 Å². The van der Waals surface area contributed by atoms with Crippen molar-refractivity contribution in [3.8, 4) is 11.8 Å². The second-order valence-corrected chi connectivity index (χ2v) is 3.15. The van der Waals surface area contributed by atoms with Crippen LogP contribution in [-0.4, -0.2) is 17.7 Å². The third kappa shape index (κ3) is 2.61. The summed E-state index contributed by atoms with van der Waals surface area (Å²) in [6.45, 7) is -3.10. The number of carbonyl (C=O) groups is 1. The fraction of sp³-hybridized carbons (Fsp3) is 0.111. The molecule has 0 radical (unpaired) electrons. The lowest BCUT2D eigenvalue weighted by molar-refractivity contribution is -0.0518. The van der Waals surface area contributed by atoms with Crippen molar-refractivity contribution in [3.63, 3.8) is 0 Å². The number of carboxylic acid groups (broad SMARTS) is 1. The van der Waals surface area contributed by atoms with Crippen molar-refractivity contribution in [3.05, 3.63) is 23.3 Å². The largest absolute Gasteiger partial charge is 0.478 e. The van der Waals surface area contributed by atoms with Gasteiger partial charge in [-0.2, -0.15) is 14.0 Å². The average molecular weight is 245 g/mol. The Labute approximate surface area is 94.5 Å². The molecule has 4 nitrogen and oxygen atoms in total. The van der Waals surface area contributed by atoms with Crippen LogP contribution >= 0.6 is 12.6 Å². The van der Waals surface area contributed by atoms with Crippen LogP contribution in [0.25, 0.3) is 0 Å². The number of alkyl halides is 2. The zero-order valence-electron chi connectivity index (χ0n) is 7.65. The first kappa shape index (κ1) is 12.3. The zero-order valence-corrected chi connectivity index (χ0v) is 8.54. The Morgan fingerprint density at radius 2 is 2.19 bits per heavy atom. The summed E-state index contributed by atoms with van der Waals surface area (Å²) < 4.78 is 28.1. The molecule has 0 aromatic heterocycles. The highest BCUT2D eigenvalue weighted by atomic mass is 32.1. The molecule has 0 saturated heterocycles. The number of carboxylic acids is 1. The minimum Gasteiger partial charge on any atom is -0.478 e. The molecule has 0 fully saturated rings. The van der Waals surface area contributed by atoms with E-state index in [1.54, 1.807) is 6.07 Å². The quantitative estimate of drug-likeness (QED) is 0.800. The Kier molecular flexibility index (Phi) is 3.68. The van der Waals surface area contributed by atoms with E-state index in [-0.39, 0.29) is 16.0 Å². The van der Waals surface area contributed by atoms with E-state index >= 15 is 0 Å². The smallest absolute Gasteiger partial charge is 0.387 e. The normalized spacial score (nSPS) is 9.94. The Hall–Kier alpha value is -1.81. The maximum Gasteiger partial charge on any atom is 0.387 e. The Morgan fingerprint density at radius 3 is 2.62 bits per heavy atom. The highest BCUT2D eigenvalue weighted by Gasteiger charge is 2.16. The van der Waals surface area contributed by atoms with Gasteiger partial charge in [0.05, 0.1) is 11.1 Å². The zero-order chi connectivity index (χ0) is 12.3. The lowest BCUT2D eigenvalue weighted by Crippen LogP contribution is -2.06. The van der Waals surface area contributed by atoms with E-state index in [9.17, 15) is 13.6 Å². The number of rotatable bonds is 3. The van der Waals surface area contributed by atoms with Crippen molar-refractivity contribution >= 4 is 18.6 Å². The summed E-state index contributed by atoms with van der Waals surface area (Å²) in [4.78, 5) is 10.5. The number of nitrogens with zero attached hydrogens (tertiary/aromatic N) is 1. The molecular weight excluding hydrogens is 240 g/mol. The predicted molar refractivity (Wildman–Crippen MR) is 52.0 cm³/mol.